The minimum absolute atomic E-state index is 0.00665. The van der Waals surface area contributed by atoms with E-state index in [1.54, 1.807) is 0 Å². The van der Waals surface area contributed by atoms with E-state index in [4.69, 9.17) is 15.7 Å². The number of rotatable bonds is 3. The maximum atomic E-state index is 14.9. The fourth-order valence-electron chi connectivity index (χ4n) is 4.20. The number of aliphatic imine (C=N–C) groups is 1. The summed E-state index contributed by atoms with van der Waals surface area (Å²) in [4.78, 5) is 20.6. The first-order valence-corrected chi connectivity index (χ1v) is 9.64. The van der Waals surface area contributed by atoms with E-state index in [2.05, 4.69) is 15.3 Å². The lowest BCUT2D eigenvalue weighted by molar-refractivity contribution is -0.217. The average molecular weight is 447 g/mol. The van der Waals surface area contributed by atoms with Gasteiger partial charge in [0.1, 0.15) is 23.1 Å². The van der Waals surface area contributed by atoms with Gasteiger partial charge < -0.3 is 15.8 Å². The Balaban J connectivity index is 1.69. The molecule has 3 atom stereocenters. The third-order valence-corrected chi connectivity index (χ3v) is 5.65. The number of carbonyl (C=O) groups excluding carboxylic acids is 1. The van der Waals surface area contributed by atoms with Gasteiger partial charge in [0.15, 0.2) is 6.10 Å². The van der Waals surface area contributed by atoms with Gasteiger partial charge in [-0.05, 0) is 36.8 Å². The molecule has 0 radical (unpaired) electrons. The van der Waals surface area contributed by atoms with Crippen molar-refractivity contribution in [3.63, 3.8) is 0 Å². The lowest BCUT2D eigenvalue weighted by Crippen LogP contribution is -2.45. The summed E-state index contributed by atoms with van der Waals surface area (Å²) in [5.74, 6) is -2.46. The van der Waals surface area contributed by atoms with E-state index < -0.39 is 42.1 Å². The van der Waals surface area contributed by atoms with Crippen LogP contribution in [0.25, 0.3) is 0 Å². The van der Waals surface area contributed by atoms with E-state index in [1.807, 2.05) is 6.07 Å². The van der Waals surface area contributed by atoms with E-state index in [9.17, 15) is 22.4 Å². The molecule has 1 aromatic heterocycles. The smallest absolute Gasteiger partial charge is 0.387 e. The van der Waals surface area contributed by atoms with Gasteiger partial charge in [-0.15, -0.1) is 0 Å². The van der Waals surface area contributed by atoms with Gasteiger partial charge in [0, 0.05) is 29.8 Å². The van der Waals surface area contributed by atoms with Gasteiger partial charge in [-0.2, -0.15) is 18.4 Å². The minimum atomic E-state index is -4.64. The van der Waals surface area contributed by atoms with E-state index in [1.165, 1.54) is 30.5 Å². The van der Waals surface area contributed by atoms with Crippen LogP contribution in [0.5, 0.6) is 0 Å². The summed E-state index contributed by atoms with van der Waals surface area (Å²) in [6, 6.07) is 8.20. The van der Waals surface area contributed by atoms with Crippen LogP contribution in [0.2, 0.25) is 0 Å². The Morgan fingerprint density at radius 3 is 2.75 bits per heavy atom. The van der Waals surface area contributed by atoms with Crippen LogP contribution in [0.3, 0.4) is 0 Å². The Bertz CT molecular complexity index is 1130. The molecule has 1 aromatic carbocycles. The van der Waals surface area contributed by atoms with Crippen molar-refractivity contribution in [1.82, 2.24) is 4.98 Å². The second-order valence-corrected chi connectivity index (χ2v) is 7.64. The average Bonchev–Trinajstić information content (AvgIpc) is 3.15. The number of nitrogens with zero attached hydrogens (tertiary/aromatic N) is 3. The van der Waals surface area contributed by atoms with Crippen LogP contribution in [0.1, 0.15) is 34.5 Å². The molecule has 11 heteroatoms. The van der Waals surface area contributed by atoms with E-state index in [0.29, 0.717) is 0 Å². The molecule has 32 heavy (non-hydrogen) atoms. The number of fused-ring (bicyclic) bond motifs is 1. The lowest BCUT2D eigenvalue weighted by Gasteiger charge is -2.36. The predicted octanol–water partition coefficient (Wildman–Crippen LogP) is 3.27. The van der Waals surface area contributed by atoms with Crippen LogP contribution in [-0.2, 0) is 10.3 Å². The highest BCUT2D eigenvalue weighted by atomic mass is 19.4. The van der Waals surface area contributed by atoms with E-state index in [0.717, 1.165) is 6.07 Å². The first-order valence-electron chi connectivity index (χ1n) is 9.64. The highest BCUT2D eigenvalue weighted by Crippen LogP contribution is 2.52. The monoisotopic (exact) mass is 447 g/mol. The Morgan fingerprint density at radius 2 is 2.09 bits per heavy atom. The number of anilines is 1. The molecule has 0 bridgehead atoms. The van der Waals surface area contributed by atoms with Crippen molar-refractivity contribution in [2.75, 3.05) is 11.9 Å². The number of pyridine rings is 1. The molecule has 1 saturated heterocycles. The summed E-state index contributed by atoms with van der Waals surface area (Å²) in [5, 5.41) is 11.4. The molecule has 0 unspecified atom stereocenters. The number of amidine groups is 1. The van der Waals surface area contributed by atoms with Crippen molar-refractivity contribution in [2.24, 2.45) is 16.6 Å². The largest absolute Gasteiger partial charge is 0.414 e. The second-order valence-electron chi connectivity index (χ2n) is 7.64. The molecule has 1 fully saturated rings. The molecule has 166 valence electrons. The number of amides is 1. The summed E-state index contributed by atoms with van der Waals surface area (Å²) < 4.78 is 60.5. The Hall–Kier alpha value is -3.52. The highest BCUT2D eigenvalue weighted by Gasteiger charge is 2.61. The minimum Gasteiger partial charge on any atom is -0.387 e. The summed E-state index contributed by atoms with van der Waals surface area (Å²) in [5.41, 5.74) is 4.45. The number of nitrogens with two attached hydrogens (primary N) is 1. The third kappa shape index (κ3) is 3.78. The molecule has 1 amide bonds. The number of carbonyl (C=O) groups is 1. The van der Waals surface area contributed by atoms with Crippen molar-refractivity contribution >= 4 is 17.4 Å². The number of ether oxygens (including phenoxy) is 1. The van der Waals surface area contributed by atoms with Crippen LogP contribution >= 0.6 is 0 Å². The molecule has 2 aliphatic heterocycles. The van der Waals surface area contributed by atoms with Crippen LogP contribution in [0, 0.1) is 23.1 Å². The number of nitrogens with one attached hydrogen (secondary N) is 1. The quantitative estimate of drug-likeness (QED) is 0.702. The summed E-state index contributed by atoms with van der Waals surface area (Å²) in [6.45, 7) is -0.492. The van der Waals surface area contributed by atoms with Crippen LogP contribution < -0.4 is 11.1 Å². The molecular formula is C21H17F4N5O2. The zero-order chi connectivity index (χ0) is 23.1. The molecule has 0 aliphatic carbocycles. The Morgan fingerprint density at radius 1 is 1.31 bits per heavy atom. The number of hydrogen-bond acceptors (Lipinski definition) is 6. The van der Waals surface area contributed by atoms with Crippen LogP contribution in [0.4, 0.5) is 23.2 Å². The number of alkyl halides is 3. The van der Waals surface area contributed by atoms with Crippen LogP contribution in [0.15, 0.2) is 41.5 Å². The fourth-order valence-corrected chi connectivity index (χ4v) is 4.20. The number of hydrogen-bond donors (Lipinski definition) is 2. The summed E-state index contributed by atoms with van der Waals surface area (Å²) in [7, 11) is 0. The maximum absolute atomic E-state index is 14.9. The first-order chi connectivity index (χ1) is 15.1. The zero-order valence-electron chi connectivity index (χ0n) is 16.5. The van der Waals surface area contributed by atoms with Crippen LogP contribution in [-0.4, -0.2) is 35.6 Å². The van der Waals surface area contributed by atoms with Crippen molar-refractivity contribution in [1.29, 1.82) is 5.26 Å². The van der Waals surface area contributed by atoms with Crippen molar-refractivity contribution < 1.29 is 27.1 Å². The standard InChI is InChI=1S/C21H17F4N5O2/c22-15-4-2-12(29-19(31)16-5-1-11(8-26)9-28-16)7-14(15)20-10-32-18(21(23,24)25)13(20)3-6-17(27)30-20/h1-2,4-5,7,9,13,18H,3,6,10H2,(H2,27,30)(H,29,31)/t13-,18+,20+/m0/s1. The third-order valence-electron chi connectivity index (χ3n) is 5.65. The van der Waals surface area contributed by atoms with Crippen molar-refractivity contribution in [2.45, 2.75) is 30.7 Å². The van der Waals surface area contributed by atoms with Gasteiger partial charge in [0.05, 0.1) is 18.0 Å². The van der Waals surface area contributed by atoms with Gasteiger partial charge >= 0.3 is 6.18 Å². The van der Waals surface area contributed by atoms with Gasteiger partial charge in [-0.3, -0.25) is 9.79 Å². The fraction of sp³-hybridized carbons (Fsp3) is 0.333. The van der Waals surface area contributed by atoms with E-state index in [-0.39, 0.29) is 41.2 Å². The van der Waals surface area contributed by atoms with Gasteiger partial charge in [-0.25, -0.2) is 9.37 Å². The SMILES string of the molecule is N#Cc1ccc(C(=O)Nc2ccc(F)c([C@@]34CO[C@@H](C(F)(F)F)[C@@H]3CCC(N)=N4)c2)nc1. The molecule has 3 heterocycles. The molecule has 3 N–H and O–H groups in total. The number of aromatic nitrogens is 1. The Kier molecular flexibility index (Phi) is 5.34. The molecule has 4 rings (SSSR count). The van der Waals surface area contributed by atoms with Gasteiger partial charge in [0.2, 0.25) is 0 Å². The predicted molar refractivity (Wildman–Crippen MR) is 105 cm³/mol. The number of halogens is 4. The molecule has 2 aromatic rings. The van der Waals surface area contributed by atoms with Crippen molar-refractivity contribution in [3.8, 4) is 6.07 Å². The highest BCUT2D eigenvalue weighted by molar-refractivity contribution is 6.02. The summed E-state index contributed by atoms with van der Waals surface area (Å²) in [6.07, 6.45) is -5.34. The maximum Gasteiger partial charge on any atom is 0.414 e. The second kappa shape index (κ2) is 7.87. The number of benzene rings is 1. The first kappa shape index (κ1) is 21.7. The normalized spacial score (nSPS) is 24.9. The van der Waals surface area contributed by atoms with Gasteiger partial charge in [0.25, 0.3) is 5.91 Å². The molecule has 7 nitrogen and oxygen atoms in total. The van der Waals surface area contributed by atoms with Gasteiger partial charge in [-0.1, -0.05) is 0 Å². The molecular weight excluding hydrogens is 430 g/mol. The summed E-state index contributed by atoms with van der Waals surface area (Å²) >= 11 is 0. The Labute approximate surface area is 179 Å². The molecule has 0 spiro atoms. The lowest BCUT2D eigenvalue weighted by atomic mass is 9.73. The van der Waals surface area contributed by atoms with Crippen molar-refractivity contribution in [3.05, 3.63) is 59.2 Å². The topological polar surface area (TPSA) is 113 Å². The number of nitriles is 1. The molecule has 0 saturated carbocycles. The molecule has 2 aliphatic rings. The zero-order valence-corrected chi connectivity index (χ0v) is 16.5. The van der Waals surface area contributed by atoms with E-state index >= 15 is 0 Å².